The second kappa shape index (κ2) is 5.95. The molecular weight excluding hydrogens is 298 g/mol. The van der Waals surface area contributed by atoms with Gasteiger partial charge in [-0.05, 0) is 60.5 Å². The molecule has 1 radical (unpaired) electrons. The van der Waals surface area contributed by atoms with Gasteiger partial charge in [0.15, 0.2) is 0 Å². The zero-order valence-corrected chi connectivity index (χ0v) is 15.2. The van der Waals surface area contributed by atoms with Crippen molar-refractivity contribution in [2.24, 2.45) is 5.92 Å². The number of hydrogen-bond donors (Lipinski definition) is 0. The Kier molecular flexibility index (Phi) is 4.71. The number of carbonyl (C=O) groups is 1. The molecule has 0 saturated carbocycles. The van der Waals surface area contributed by atoms with Crippen LogP contribution in [0.3, 0.4) is 0 Å². The van der Waals surface area contributed by atoms with Crippen LogP contribution in [0, 0.1) is 19.8 Å². The van der Waals surface area contributed by atoms with Crippen LogP contribution in [0.25, 0.3) is 0 Å². The van der Waals surface area contributed by atoms with Gasteiger partial charge in [0.25, 0.3) is 0 Å². The van der Waals surface area contributed by atoms with Gasteiger partial charge >= 0.3 is 5.97 Å². The Morgan fingerprint density at radius 3 is 2.27 bits per heavy atom. The van der Waals surface area contributed by atoms with Crippen molar-refractivity contribution in [2.75, 3.05) is 0 Å². The van der Waals surface area contributed by atoms with Gasteiger partial charge in [0, 0.05) is 26.4 Å². The number of hydrogen-bond acceptors (Lipinski definition) is 4. The highest BCUT2D eigenvalue weighted by Gasteiger charge is 2.48. The van der Waals surface area contributed by atoms with Crippen molar-refractivity contribution in [3.8, 4) is 0 Å². The quantitative estimate of drug-likeness (QED) is 0.789. The summed E-state index contributed by atoms with van der Waals surface area (Å²) in [6.07, 6.45) is 1.08. The second-order valence-electron chi connectivity index (χ2n) is 7.57. The molecule has 0 amide bonds. The summed E-state index contributed by atoms with van der Waals surface area (Å²) in [6, 6.07) is 2.07. The molecule has 0 unspecified atom stereocenters. The topological polar surface area (TPSA) is 49.4 Å². The van der Waals surface area contributed by atoms with E-state index in [4.69, 9.17) is 4.74 Å². The van der Waals surface area contributed by atoms with Gasteiger partial charge in [-0.15, -0.1) is 21.6 Å². The lowest BCUT2D eigenvalue weighted by Gasteiger charge is -2.49. The van der Waals surface area contributed by atoms with Gasteiger partial charge in [-0.2, -0.15) is 0 Å². The van der Waals surface area contributed by atoms with Crippen LogP contribution in [-0.2, 0) is 21.3 Å². The summed E-state index contributed by atoms with van der Waals surface area (Å²) in [5, 5.41) is 13.5. The zero-order valence-electron chi connectivity index (χ0n) is 14.4. The molecule has 1 aliphatic rings. The van der Waals surface area contributed by atoms with E-state index in [-0.39, 0.29) is 11.9 Å². The highest BCUT2D eigenvalue weighted by atomic mass is 32.1. The van der Waals surface area contributed by atoms with Crippen LogP contribution in [0.4, 0.5) is 0 Å². The standard InChI is InChI=1S/C17H26NO3S/c1-11-7-13(12(2)22-11)10-21-15(19)14-8-16(3,4)18(20)17(5,6)9-14/h7,14H,8-10H2,1-6H3. The molecule has 0 aliphatic carbocycles. The van der Waals surface area contributed by atoms with Gasteiger partial charge < -0.3 is 4.74 Å². The fourth-order valence-electron chi connectivity index (χ4n) is 3.52. The number of ether oxygens (including phenoxy) is 1. The fourth-order valence-corrected chi connectivity index (χ4v) is 4.46. The molecule has 1 aromatic heterocycles. The zero-order chi connectivity index (χ0) is 16.7. The lowest BCUT2D eigenvalue weighted by Crippen LogP contribution is -2.59. The van der Waals surface area contributed by atoms with E-state index in [1.165, 1.54) is 9.75 Å². The van der Waals surface area contributed by atoms with Gasteiger partial charge in [-0.25, -0.2) is 0 Å². The van der Waals surface area contributed by atoms with Crippen molar-refractivity contribution in [2.45, 2.75) is 72.1 Å². The van der Waals surface area contributed by atoms with Crippen molar-refractivity contribution in [1.82, 2.24) is 5.06 Å². The van der Waals surface area contributed by atoms with E-state index in [1.54, 1.807) is 11.3 Å². The Bertz CT molecular complexity index is 544. The summed E-state index contributed by atoms with van der Waals surface area (Å²) < 4.78 is 5.53. The number of rotatable bonds is 3. The van der Waals surface area contributed by atoms with E-state index in [0.717, 1.165) is 10.6 Å². The first-order valence-electron chi connectivity index (χ1n) is 7.73. The molecule has 123 valence electrons. The van der Waals surface area contributed by atoms with Crippen LogP contribution in [-0.4, -0.2) is 22.1 Å². The number of esters is 1. The summed E-state index contributed by atoms with van der Waals surface area (Å²) >= 11 is 1.72. The van der Waals surface area contributed by atoms with Crippen LogP contribution in [0.2, 0.25) is 0 Å². The van der Waals surface area contributed by atoms with Gasteiger partial charge in [-0.3, -0.25) is 4.79 Å². The van der Waals surface area contributed by atoms with Gasteiger partial charge in [-0.1, -0.05) is 0 Å². The Balaban J connectivity index is 2.02. The van der Waals surface area contributed by atoms with Crippen LogP contribution in [0.1, 0.15) is 55.9 Å². The Morgan fingerprint density at radius 2 is 1.82 bits per heavy atom. The molecule has 1 aliphatic heterocycles. The summed E-state index contributed by atoms with van der Waals surface area (Å²) in [4.78, 5) is 14.9. The fraction of sp³-hybridized carbons (Fsp3) is 0.706. The number of thiophene rings is 1. The molecule has 22 heavy (non-hydrogen) atoms. The molecule has 0 aromatic carbocycles. The van der Waals surface area contributed by atoms with Gasteiger partial charge in [0.05, 0.1) is 5.92 Å². The molecule has 1 fully saturated rings. The van der Waals surface area contributed by atoms with Crippen molar-refractivity contribution < 1.29 is 14.7 Å². The third-order valence-electron chi connectivity index (χ3n) is 4.44. The van der Waals surface area contributed by atoms with Crippen molar-refractivity contribution in [3.63, 3.8) is 0 Å². The molecule has 4 nitrogen and oxygen atoms in total. The minimum Gasteiger partial charge on any atom is -0.461 e. The maximum atomic E-state index is 12.4. The molecule has 5 heteroatoms. The Hall–Kier alpha value is -0.910. The molecule has 2 rings (SSSR count). The number of hydroxylamine groups is 2. The van der Waals surface area contributed by atoms with Gasteiger partial charge in [0.2, 0.25) is 0 Å². The van der Waals surface area contributed by atoms with E-state index >= 15 is 0 Å². The predicted molar refractivity (Wildman–Crippen MR) is 87.0 cm³/mol. The summed E-state index contributed by atoms with van der Waals surface area (Å²) in [6.45, 7) is 12.0. The average molecular weight is 324 g/mol. The number of piperidine rings is 1. The van der Waals surface area contributed by atoms with Gasteiger partial charge in [0.1, 0.15) is 6.61 Å². The van der Waals surface area contributed by atoms with E-state index < -0.39 is 11.1 Å². The molecule has 0 atom stereocenters. The molecule has 1 aromatic rings. The average Bonchev–Trinajstić information content (AvgIpc) is 2.70. The maximum Gasteiger partial charge on any atom is 0.309 e. The molecule has 1 saturated heterocycles. The molecule has 0 N–H and O–H groups in total. The maximum absolute atomic E-state index is 12.4. The third kappa shape index (κ3) is 3.53. The van der Waals surface area contributed by atoms with Crippen LogP contribution in [0.15, 0.2) is 6.07 Å². The predicted octanol–water partition coefficient (Wildman–Crippen LogP) is 4.02. The lowest BCUT2D eigenvalue weighted by molar-refractivity contribution is -0.293. The first-order valence-corrected chi connectivity index (χ1v) is 8.54. The molecule has 2 heterocycles. The summed E-state index contributed by atoms with van der Waals surface area (Å²) in [5.41, 5.74) is -0.00341. The monoisotopic (exact) mass is 324 g/mol. The molecular formula is C17H26NO3S. The van der Waals surface area contributed by atoms with E-state index in [2.05, 4.69) is 13.0 Å². The van der Waals surface area contributed by atoms with Crippen molar-refractivity contribution in [1.29, 1.82) is 0 Å². The van der Waals surface area contributed by atoms with Crippen LogP contribution >= 0.6 is 11.3 Å². The first kappa shape index (κ1) is 17.4. The first-order chi connectivity index (χ1) is 10.0. The van der Waals surface area contributed by atoms with Crippen LogP contribution < -0.4 is 0 Å². The number of nitrogens with zero attached hydrogens (tertiary/aromatic N) is 1. The highest BCUT2D eigenvalue weighted by molar-refractivity contribution is 7.12. The smallest absolute Gasteiger partial charge is 0.309 e. The number of aryl methyl sites for hydroxylation is 2. The SMILES string of the molecule is Cc1cc(COC(=O)C2CC(C)(C)N([O])C(C)(C)C2)c(C)s1. The Morgan fingerprint density at radius 1 is 1.27 bits per heavy atom. The Labute approximate surface area is 137 Å². The summed E-state index contributed by atoms with van der Waals surface area (Å²) in [7, 11) is 0. The molecule has 0 spiro atoms. The highest BCUT2D eigenvalue weighted by Crippen LogP contribution is 2.40. The minimum atomic E-state index is -0.541. The minimum absolute atomic E-state index is 0.183. The molecule has 0 bridgehead atoms. The largest absolute Gasteiger partial charge is 0.461 e. The van der Waals surface area contributed by atoms with Crippen molar-refractivity contribution in [3.05, 3.63) is 21.4 Å². The summed E-state index contributed by atoms with van der Waals surface area (Å²) in [5.74, 6) is -0.396. The lowest BCUT2D eigenvalue weighted by atomic mass is 9.75. The van der Waals surface area contributed by atoms with Crippen LogP contribution in [0.5, 0.6) is 0 Å². The normalized spacial score (nSPS) is 21.8. The second-order valence-corrected chi connectivity index (χ2v) is 9.03. The number of carbonyl (C=O) groups excluding carboxylic acids is 1. The van der Waals surface area contributed by atoms with Crippen molar-refractivity contribution >= 4 is 17.3 Å². The van der Waals surface area contributed by atoms with E-state index in [9.17, 15) is 10.0 Å². The van der Waals surface area contributed by atoms with E-state index in [1.807, 2.05) is 34.6 Å². The van der Waals surface area contributed by atoms with E-state index in [0.29, 0.717) is 19.4 Å². The third-order valence-corrected chi connectivity index (χ3v) is 5.45.